The zero-order valence-corrected chi connectivity index (χ0v) is 32.8. The number of hydrogen-bond donors (Lipinski definition) is 0. The maximum Gasteiger partial charge on any atom is 0.338 e. The van der Waals surface area contributed by atoms with E-state index in [1.807, 2.05) is 31.2 Å². The molecule has 290 valence electrons. The normalized spacial score (nSPS) is 13.9. The average Bonchev–Trinajstić information content (AvgIpc) is 3.44. The van der Waals surface area contributed by atoms with Crippen LogP contribution in [0.25, 0.3) is 11.1 Å². The van der Waals surface area contributed by atoms with Crippen LogP contribution in [0, 0.1) is 5.92 Å². The molecule has 1 aliphatic rings. The van der Waals surface area contributed by atoms with Crippen LogP contribution < -0.4 is 9.47 Å². The summed E-state index contributed by atoms with van der Waals surface area (Å²) in [6.45, 7) is 5.49. The summed E-state index contributed by atoms with van der Waals surface area (Å²) < 4.78 is 23.2. The number of esters is 2. The zero-order valence-electron chi connectivity index (χ0n) is 32.8. The van der Waals surface area contributed by atoms with Gasteiger partial charge < -0.3 is 18.9 Å². The summed E-state index contributed by atoms with van der Waals surface area (Å²) in [7, 11) is 0. The maximum absolute atomic E-state index is 12.5. The fourth-order valence-corrected chi connectivity index (χ4v) is 7.10. The van der Waals surface area contributed by atoms with Crippen molar-refractivity contribution in [2.24, 2.45) is 5.92 Å². The van der Waals surface area contributed by atoms with E-state index in [1.54, 1.807) is 24.3 Å². The highest BCUT2D eigenvalue weighted by atomic mass is 16.5. The first-order chi connectivity index (χ1) is 26.0. The fraction of sp³-hybridized carbons (Fsp3) is 0.574. The number of carbonyl (C=O) groups is 2. The lowest BCUT2D eigenvalue weighted by Gasteiger charge is -2.13. The van der Waals surface area contributed by atoms with Gasteiger partial charge in [-0.15, -0.1) is 0 Å². The predicted molar refractivity (Wildman–Crippen MR) is 216 cm³/mol. The maximum atomic E-state index is 12.5. The van der Waals surface area contributed by atoms with Crippen LogP contribution in [0.4, 0.5) is 0 Å². The molecular formula is C47H66O6. The minimum atomic E-state index is -0.290. The van der Waals surface area contributed by atoms with Crippen LogP contribution in [-0.4, -0.2) is 31.3 Å². The highest BCUT2D eigenvalue weighted by molar-refractivity contribution is 5.89. The van der Waals surface area contributed by atoms with Crippen LogP contribution in [0.2, 0.25) is 0 Å². The highest BCUT2D eigenvalue weighted by Gasteiger charge is 2.17. The summed E-state index contributed by atoms with van der Waals surface area (Å²) in [4.78, 5) is 24.6. The fourth-order valence-electron chi connectivity index (χ4n) is 7.10. The van der Waals surface area contributed by atoms with Crippen LogP contribution in [0.5, 0.6) is 17.2 Å². The highest BCUT2D eigenvalue weighted by Crippen LogP contribution is 2.28. The third-order valence-corrected chi connectivity index (χ3v) is 10.4. The molecule has 4 rings (SSSR count). The van der Waals surface area contributed by atoms with Gasteiger partial charge >= 0.3 is 11.9 Å². The van der Waals surface area contributed by atoms with E-state index in [0.29, 0.717) is 30.3 Å². The SMILES string of the molecule is CCCCCC[C@@H](C)OC(=O)c1ccc(Oc2ccc(-c3ccc(OCCCCCCCCCCCOC(=O)CC4CCCCCC4)cc3)cc2)cc1. The predicted octanol–water partition coefficient (Wildman–Crippen LogP) is 13.5. The summed E-state index contributed by atoms with van der Waals surface area (Å²) in [5.41, 5.74) is 2.76. The Labute approximate surface area is 320 Å². The third-order valence-electron chi connectivity index (χ3n) is 10.4. The Kier molecular flexibility index (Phi) is 20.0. The molecule has 6 nitrogen and oxygen atoms in total. The molecule has 3 aromatic rings. The quantitative estimate of drug-likeness (QED) is 0.0492. The number of unbranched alkanes of at least 4 members (excludes halogenated alkanes) is 11. The molecule has 0 amide bonds. The van der Waals surface area contributed by atoms with Crippen molar-refractivity contribution in [2.75, 3.05) is 13.2 Å². The molecule has 6 heteroatoms. The first-order valence-corrected chi connectivity index (χ1v) is 21.0. The molecule has 0 spiro atoms. The number of hydrogen-bond acceptors (Lipinski definition) is 6. The molecule has 0 bridgehead atoms. The molecule has 0 aromatic heterocycles. The first kappa shape index (κ1) is 41.9. The van der Waals surface area contributed by atoms with Crippen LogP contribution in [0.15, 0.2) is 72.8 Å². The Hall–Kier alpha value is -3.80. The monoisotopic (exact) mass is 726 g/mol. The van der Waals surface area contributed by atoms with Gasteiger partial charge in [0.15, 0.2) is 0 Å². The van der Waals surface area contributed by atoms with Gasteiger partial charge in [-0.2, -0.15) is 0 Å². The van der Waals surface area contributed by atoms with Gasteiger partial charge in [0, 0.05) is 6.42 Å². The van der Waals surface area contributed by atoms with E-state index in [4.69, 9.17) is 18.9 Å². The van der Waals surface area contributed by atoms with E-state index in [2.05, 4.69) is 31.2 Å². The summed E-state index contributed by atoms with van der Waals surface area (Å²) in [6, 6.07) is 23.4. The van der Waals surface area contributed by atoms with Crippen molar-refractivity contribution in [2.45, 2.75) is 155 Å². The molecule has 1 atom stereocenters. The van der Waals surface area contributed by atoms with Crippen molar-refractivity contribution in [1.82, 2.24) is 0 Å². The van der Waals surface area contributed by atoms with Crippen molar-refractivity contribution < 1.29 is 28.5 Å². The Morgan fingerprint density at radius 1 is 0.604 bits per heavy atom. The van der Waals surface area contributed by atoms with E-state index in [0.717, 1.165) is 61.3 Å². The Bertz CT molecular complexity index is 1410. The minimum Gasteiger partial charge on any atom is -0.494 e. The molecule has 0 radical (unpaired) electrons. The summed E-state index contributed by atoms with van der Waals surface area (Å²) in [6.07, 6.45) is 24.4. The standard InChI is InChI=1S/C47H66O6/c1-3-4-5-15-20-38(2)52-47(49)42-27-33-45(34-28-42)53-44-31-25-41(26-32-44)40-23-29-43(30-24-40)50-35-18-13-9-7-6-8-10-14-19-36-51-46(48)37-39-21-16-11-12-17-22-39/h23-34,38-39H,3-22,35-37H2,1-2H3/t38-/m1/s1. The van der Waals surface area contributed by atoms with E-state index in [9.17, 15) is 9.59 Å². The van der Waals surface area contributed by atoms with Crippen LogP contribution in [0.1, 0.15) is 159 Å². The van der Waals surface area contributed by atoms with Crippen molar-refractivity contribution >= 4 is 11.9 Å². The van der Waals surface area contributed by atoms with E-state index < -0.39 is 0 Å². The zero-order chi connectivity index (χ0) is 37.4. The minimum absolute atomic E-state index is 0.0197. The molecule has 1 fully saturated rings. The van der Waals surface area contributed by atoms with E-state index in [1.165, 1.54) is 96.3 Å². The summed E-state index contributed by atoms with van der Waals surface area (Å²) in [5, 5.41) is 0. The van der Waals surface area contributed by atoms with Gasteiger partial charge in [-0.25, -0.2) is 4.79 Å². The third kappa shape index (κ3) is 17.3. The topological polar surface area (TPSA) is 71.1 Å². The summed E-state index contributed by atoms with van der Waals surface area (Å²) >= 11 is 0. The van der Waals surface area contributed by atoms with Gasteiger partial charge in [0.1, 0.15) is 17.2 Å². The lowest BCUT2D eigenvalue weighted by Crippen LogP contribution is -2.15. The number of rotatable bonds is 25. The summed E-state index contributed by atoms with van der Waals surface area (Å²) in [5.74, 6) is 2.59. The van der Waals surface area contributed by atoms with Crippen LogP contribution in [-0.2, 0) is 14.3 Å². The first-order valence-electron chi connectivity index (χ1n) is 21.0. The molecule has 0 aliphatic heterocycles. The molecule has 0 heterocycles. The lowest BCUT2D eigenvalue weighted by molar-refractivity contribution is -0.145. The number of ether oxygens (including phenoxy) is 4. The van der Waals surface area contributed by atoms with Crippen LogP contribution in [0.3, 0.4) is 0 Å². The molecule has 0 unspecified atom stereocenters. The van der Waals surface area contributed by atoms with Crippen molar-refractivity contribution in [3.05, 3.63) is 78.4 Å². The van der Waals surface area contributed by atoms with E-state index >= 15 is 0 Å². The average molecular weight is 727 g/mol. The lowest BCUT2D eigenvalue weighted by atomic mass is 9.97. The van der Waals surface area contributed by atoms with Crippen molar-refractivity contribution in [1.29, 1.82) is 0 Å². The molecule has 0 N–H and O–H groups in total. The second kappa shape index (κ2) is 25.3. The van der Waals surface area contributed by atoms with Gasteiger partial charge in [0.2, 0.25) is 0 Å². The molecule has 1 saturated carbocycles. The van der Waals surface area contributed by atoms with Gasteiger partial charge in [0.05, 0.1) is 24.9 Å². The molecular weight excluding hydrogens is 661 g/mol. The Balaban J connectivity index is 1.01. The van der Waals surface area contributed by atoms with E-state index in [-0.39, 0.29) is 18.0 Å². The smallest absolute Gasteiger partial charge is 0.338 e. The van der Waals surface area contributed by atoms with Crippen LogP contribution >= 0.6 is 0 Å². The molecule has 1 aliphatic carbocycles. The van der Waals surface area contributed by atoms with Crippen molar-refractivity contribution in [3.63, 3.8) is 0 Å². The van der Waals surface area contributed by atoms with Gasteiger partial charge in [0.25, 0.3) is 0 Å². The van der Waals surface area contributed by atoms with Gasteiger partial charge in [-0.3, -0.25) is 4.79 Å². The van der Waals surface area contributed by atoms with Crippen molar-refractivity contribution in [3.8, 4) is 28.4 Å². The Morgan fingerprint density at radius 2 is 1.11 bits per heavy atom. The van der Waals surface area contributed by atoms with Gasteiger partial charge in [-0.05, 0) is 111 Å². The number of benzene rings is 3. The number of carbonyl (C=O) groups excluding carboxylic acids is 2. The molecule has 3 aromatic carbocycles. The molecule has 53 heavy (non-hydrogen) atoms. The molecule has 0 saturated heterocycles. The Morgan fingerprint density at radius 3 is 1.70 bits per heavy atom. The second-order valence-corrected chi connectivity index (χ2v) is 15.1. The second-order valence-electron chi connectivity index (χ2n) is 15.1. The largest absolute Gasteiger partial charge is 0.494 e. The van der Waals surface area contributed by atoms with Gasteiger partial charge in [-0.1, -0.05) is 121 Å².